The van der Waals surface area contributed by atoms with Crippen LogP contribution in [0.3, 0.4) is 0 Å². The Morgan fingerprint density at radius 2 is 0.729 bits per heavy atom. The molecule has 5 heteroatoms. The molecule has 0 spiro atoms. The Balaban J connectivity index is 3.47. The summed E-state index contributed by atoms with van der Waals surface area (Å²) in [5, 5.41) is 9.60. The maximum Gasteiger partial charge on any atom is 0.306 e. The molecule has 1 unspecified atom stereocenters. The van der Waals surface area contributed by atoms with Crippen molar-refractivity contribution in [3.05, 3.63) is 72.9 Å². The smallest absolute Gasteiger partial charge is 0.306 e. The third kappa shape index (κ3) is 47.9. The van der Waals surface area contributed by atoms with Gasteiger partial charge in [-0.1, -0.05) is 222 Å². The van der Waals surface area contributed by atoms with Crippen LogP contribution in [0, 0.1) is 0 Å². The SMILES string of the molecule is CC/C=C\C/C=C\C/C=C\C/C=C\CCCCCCCCCCCCCCCCCCCCC(=O)OC(CO)COC(=O)CCCCCCC/C=C\C/C=C\CCCC. The lowest BCUT2D eigenvalue weighted by molar-refractivity contribution is -0.161. The summed E-state index contributed by atoms with van der Waals surface area (Å²) in [5.74, 6) is -0.603. The summed E-state index contributed by atoms with van der Waals surface area (Å²) in [6.45, 7) is 3.98. The van der Waals surface area contributed by atoms with Crippen LogP contribution in [0.1, 0.15) is 239 Å². The van der Waals surface area contributed by atoms with Crippen LogP contribution in [0.15, 0.2) is 72.9 Å². The van der Waals surface area contributed by atoms with Gasteiger partial charge in [0.25, 0.3) is 0 Å². The van der Waals surface area contributed by atoms with Crippen molar-refractivity contribution in [1.82, 2.24) is 0 Å². The average Bonchev–Trinajstić information content (AvgIpc) is 3.24. The van der Waals surface area contributed by atoms with E-state index in [2.05, 4.69) is 86.8 Å². The van der Waals surface area contributed by atoms with Crippen LogP contribution < -0.4 is 0 Å². The van der Waals surface area contributed by atoms with Crippen molar-refractivity contribution in [3.8, 4) is 0 Å². The zero-order valence-electron chi connectivity index (χ0n) is 38.7. The van der Waals surface area contributed by atoms with Gasteiger partial charge in [0.1, 0.15) is 6.61 Å². The molecule has 0 radical (unpaired) electrons. The molecular weight excluding hydrogens is 729 g/mol. The highest BCUT2D eigenvalue weighted by Gasteiger charge is 2.16. The van der Waals surface area contributed by atoms with Gasteiger partial charge in [-0.05, 0) is 77.0 Å². The number of carbonyl (C=O) groups is 2. The van der Waals surface area contributed by atoms with Gasteiger partial charge in [0, 0.05) is 12.8 Å². The summed E-state index contributed by atoms with van der Waals surface area (Å²) in [7, 11) is 0. The van der Waals surface area contributed by atoms with Crippen molar-refractivity contribution in [2.45, 2.75) is 245 Å². The van der Waals surface area contributed by atoms with Gasteiger partial charge < -0.3 is 14.6 Å². The van der Waals surface area contributed by atoms with Gasteiger partial charge in [-0.25, -0.2) is 0 Å². The van der Waals surface area contributed by atoms with E-state index >= 15 is 0 Å². The third-order valence-corrected chi connectivity index (χ3v) is 10.7. The highest BCUT2D eigenvalue weighted by Crippen LogP contribution is 2.16. The number of ether oxygens (including phenoxy) is 2. The van der Waals surface area contributed by atoms with Crippen molar-refractivity contribution in [2.75, 3.05) is 13.2 Å². The Morgan fingerprint density at radius 1 is 0.407 bits per heavy atom. The molecule has 0 aliphatic heterocycles. The maximum atomic E-state index is 12.3. The molecule has 0 aromatic rings. The third-order valence-electron chi connectivity index (χ3n) is 10.7. The summed E-state index contributed by atoms with van der Waals surface area (Å²) in [6, 6.07) is 0. The molecular formula is C54H94O5. The number of unbranched alkanes of at least 4 members (excludes halogenated alkanes) is 25. The minimum atomic E-state index is -0.778. The molecule has 1 N–H and O–H groups in total. The van der Waals surface area contributed by atoms with E-state index in [0.717, 1.165) is 77.0 Å². The number of carbonyl (C=O) groups excluding carboxylic acids is 2. The molecule has 0 aliphatic rings. The van der Waals surface area contributed by atoms with Gasteiger partial charge in [-0.2, -0.15) is 0 Å². The summed E-state index contributed by atoms with van der Waals surface area (Å²) in [6.07, 6.45) is 67.2. The number of aliphatic hydroxyl groups excluding tert-OH is 1. The first kappa shape index (κ1) is 56.3. The molecule has 5 nitrogen and oxygen atoms in total. The Bertz CT molecular complexity index is 1070. The van der Waals surface area contributed by atoms with Gasteiger partial charge >= 0.3 is 11.9 Å². The van der Waals surface area contributed by atoms with Gasteiger partial charge in [0.2, 0.25) is 0 Å². The molecule has 0 bridgehead atoms. The lowest BCUT2D eigenvalue weighted by atomic mass is 10.0. The van der Waals surface area contributed by atoms with Crippen molar-refractivity contribution < 1.29 is 24.2 Å². The fourth-order valence-corrected chi connectivity index (χ4v) is 6.97. The molecule has 0 aliphatic carbocycles. The van der Waals surface area contributed by atoms with Crippen LogP contribution in [0.5, 0.6) is 0 Å². The number of rotatable bonds is 45. The lowest BCUT2D eigenvalue weighted by Crippen LogP contribution is -2.28. The monoisotopic (exact) mass is 823 g/mol. The number of aliphatic hydroxyl groups is 1. The van der Waals surface area contributed by atoms with Gasteiger partial charge in [-0.15, -0.1) is 0 Å². The molecule has 0 saturated carbocycles. The molecule has 0 saturated heterocycles. The number of hydrogen-bond donors (Lipinski definition) is 1. The summed E-state index contributed by atoms with van der Waals surface area (Å²) in [4.78, 5) is 24.4. The van der Waals surface area contributed by atoms with E-state index in [4.69, 9.17) is 9.47 Å². The van der Waals surface area contributed by atoms with Crippen molar-refractivity contribution in [2.24, 2.45) is 0 Å². The molecule has 59 heavy (non-hydrogen) atoms. The van der Waals surface area contributed by atoms with Crippen LogP contribution in [0.4, 0.5) is 0 Å². The topological polar surface area (TPSA) is 72.8 Å². The standard InChI is InChI=1S/C54H94O5/c1-3-5-7-9-11-13-15-17-19-20-21-22-23-24-25-26-27-28-29-30-31-32-33-34-35-37-39-41-43-45-47-49-54(57)59-52(50-55)51-58-53(56)48-46-44-42-40-38-36-18-16-14-12-10-8-6-4-2/h5,7,10-13,16-19,21-22,52,55H,3-4,6,8-9,14-15,20,23-51H2,1-2H3/b7-5-,12-10-,13-11-,18-16-,19-17-,22-21-. The van der Waals surface area contributed by atoms with Crippen molar-refractivity contribution in [1.29, 1.82) is 0 Å². The Morgan fingerprint density at radius 3 is 1.10 bits per heavy atom. The second-order valence-corrected chi connectivity index (χ2v) is 16.5. The predicted molar refractivity (Wildman–Crippen MR) is 256 cm³/mol. The minimum absolute atomic E-state index is 0.0732. The number of esters is 2. The molecule has 0 rings (SSSR count). The van der Waals surface area contributed by atoms with Gasteiger partial charge in [-0.3, -0.25) is 9.59 Å². The fraction of sp³-hybridized carbons (Fsp3) is 0.741. The summed E-state index contributed by atoms with van der Waals surface area (Å²) in [5.41, 5.74) is 0. The van der Waals surface area contributed by atoms with Gasteiger partial charge in [0.15, 0.2) is 6.10 Å². The highest BCUT2D eigenvalue weighted by atomic mass is 16.6. The molecule has 340 valence electrons. The van der Waals surface area contributed by atoms with Gasteiger partial charge in [0.05, 0.1) is 6.61 Å². The molecule has 0 fully saturated rings. The molecule has 1 atom stereocenters. The van der Waals surface area contributed by atoms with Crippen molar-refractivity contribution in [3.63, 3.8) is 0 Å². The van der Waals surface area contributed by atoms with Crippen LogP contribution in [-0.2, 0) is 19.1 Å². The zero-order valence-corrected chi connectivity index (χ0v) is 38.7. The summed E-state index contributed by atoms with van der Waals surface area (Å²) < 4.78 is 10.6. The lowest BCUT2D eigenvalue weighted by Gasteiger charge is -2.15. The Kier molecular flexibility index (Phi) is 47.5. The number of hydrogen-bond acceptors (Lipinski definition) is 5. The van der Waals surface area contributed by atoms with E-state index < -0.39 is 6.10 Å². The average molecular weight is 823 g/mol. The van der Waals surface area contributed by atoms with Crippen molar-refractivity contribution >= 4 is 11.9 Å². The second kappa shape index (κ2) is 49.7. The number of allylic oxidation sites excluding steroid dienone is 12. The van der Waals surface area contributed by atoms with E-state index in [1.165, 1.54) is 135 Å². The first-order chi connectivity index (χ1) is 29.1. The highest BCUT2D eigenvalue weighted by molar-refractivity contribution is 5.70. The second-order valence-electron chi connectivity index (χ2n) is 16.5. The fourth-order valence-electron chi connectivity index (χ4n) is 6.97. The molecule has 0 aromatic heterocycles. The largest absolute Gasteiger partial charge is 0.462 e. The van der Waals surface area contributed by atoms with E-state index in [1.54, 1.807) is 0 Å². The normalized spacial score (nSPS) is 12.8. The quantitative estimate of drug-likeness (QED) is 0.0376. The zero-order chi connectivity index (χ0) is 42.8. The van der Waals surface area contributed by atoms with E-state index in [-0.39, 0.29) is 25.2 Å². The first-order valence-corrected chi connectivity index (χ1v) is 25.0. The molecule has 0 amide bonds. The Hall–Kier alpha value is -2.66. The van der Waals surface area contributed by atoms with Crippen LogP contribution in [-0.4, -0.2) is 36.4 Å². The molecule has 0 aromatic carbocycles. The minimum Gasteiger partial charge on any atom is -0.462 e. The first-order valence-electron chi connectivity index (χ1n) is 25.0. The van der Waals surface area contributed by atoms with Crippen LogP contribution in [0.2, 0.25) is 0 Å². The summed E-state index contributed by atoms with van der Waals surface area (Å²) >= 11 is 0. The maximum absolute atomic E-state index is 12.3. The van der Waals surface area contributed by atoms with E-state index in [9.17, 15) is 14.7 Å². The molecule has 0 heterocycles. The predicted octanol–water partition coefficient (Wildman–Crippen LogP) is 16.5. The van der Waals surface area contributed by atoms with E-state index in [0.29, 0.717) is 12.8 Å². The Labute approximate surface area is 365 Å². The van der Waals surface area contributed by atoms with E-state index in [1.807, 2.05) is 0 Å². The van der Waals surface area contributed by atoms with Crippen LogP contribution >= 0.6 is 0 Å². The van der Waals surface area contributed by atoms with Crippen LogP contribution in [0.25, 0.3) is 0 Å².